The third-order valence-corrected chi connectivity index (χ3v) is 7.51. The predicted octanol–water partition coefficient (Wildman–Crippen LogP) is 4.19. The summed E-state index contributed by atoms with van der Waals surface area (Å²) in [5, 5.41) is 19.6. The molecule has 5 rings (SSSR count). The molecular weight excluding hydrogens is 554 g/mol. The average molecular weight is 583 g/mol. The van der Waals surface area contributed by atoms with Crippen LogP contribution < -0.4 is 10.5 Å². The molecule has 0 spiro atoms. The number of rotatable bonds is 6. The van der Waals surface area contributed by atoms with E-state index in [1.807, 2.05) is 17.0 Å². The maximum Gasteiger partial charge on any atom is 0.325 e. The number of nitrogens with zero attached hydrogens (tertiary/aromatic N) is 6. The van der Waals surface area contributed by atoms with Crippen LogP contribution in [-0.4, -0.2) is 52.2 Å². The number of benzene rings is 2. The Hall–Kier alpha value is -5.13. The molecule has 218 valence electrons. The largest absolute Gasteiger partial charge is 0.462 e. The first-order valence-corrected chi connectivity index (χ1v) is 13.7. The molecule has 1 unspecified atom stereocenters. The zero-order valence-electron chi connectivity index (χ0n) is 23.8. The van der Waals surface area contributed by atoms with Crippen molar-refractivity contribution in [2.75, 3.05) is 24.5 Å². The quantitative estimate of drug-likeness (QED) is 0.311. The molecule has 3 heterocycles. The number of fused-ring (bicyclic) bond motifs is 1. The van der Waals surface area contributed by atoms with Crippen LogP contribution in [0.4, 0.5) is 14.5 Å². The monoisotopic (exact) mass is 582 g/mol. The van der Waals surface area contributed by atoms with Gasteiger partial charge in [-0.25, -0.2) is 13.8 Å². The first kappa shape index (κ1) is 29.4. The fourth-order valence-corrected chi connectivity index (χ4v) is 5.56. The first-order valence-electron chi connectivity index (χ1n) is 13.7. The Bertz CT molecular complexity index is 1780. The molecule has 0 bridgehead atoms. The lowest BCUT2D eigenvalue weighted by Crippen LogP contribution is -2.58. The second-order valence-corrected chi connectivity index (χ2v) is 10.6. The summed E-state index contributed by atoms with van der Waals surface area (Å²) >= 11 is 0. The van der Waals surface area contributed by atoms with Crippen LogP contribution in [0.25, 0.3) is 11.0 Å². The van der Waals surface area contributed by atoms with E-state index in [0.717, 1.165) is 0 Å². The molecule has 0 saturated carbocycles. The van der Waals surface area contributed by atoms with E-state index < -0.39 is 41.4 Å². The minimum atomic E-state index is -0.916. The van der Waals surface area contributed by atoms with Crippen LogP contribution >= 0.6 is 0 Å². The number of carbonyl (C=O) groups is 1. The second kappa shape index (κ2) is 12.0. The normalized spacial score (nSPS) is 15.5. The number of carbonyl (C=O) groups excluding carboxylic acids is 1. The van der Waals surface area contributed by atoms with E-state index in [-0.39, 0.29) is 42.1 Å². The molecule has 0 radical (unpaired) electrons. The molecule has 2 aromatic heterocycles. The van der Waals surface area contributed by atoms with Gasteiger partial charge in [0.05, 0.1) is 23.3 Å². The highest BCUT2D eigenvalue weighted by Gasteiger charge is 2.40. The van der Waals surface area contributed by atoms with Crippen molar-refractivity contribution in [1.29, 1.82) is 10.5 Å². The van der Waals surface area contributed by atoms with Crippen LogP contribution in [0.15, 0.2) is 65.5 Å². The predicted molar refractivity (Wildman–Crippen MR) is 155 cm³/mol. The van der Waals surface area contributed by atoms with Gasteiger partial charge in [0, 0.05) is 26.7 Å². The number of pyridine rings is 2. The standard InChI is InChI=1S/C32H28F2N6O3/c1-19(2)43-32(42)27-18-39(30-25(17-36)31(41)38(3)26-13-12-24(16-35)37-28(26)30)14-15-40(27)29(20-4-8-22(33)9-5-20)21-6-10-23(34)11-7-21/h4-13,19,27,29H,14-15,18H2,1-3H3. The van der Waals surface area contributed by atoms with Crippen LogP contribution in [0.3, 0.4) is 0 Å². The van der Waals surface area contributed by atoms with Gasteiger partial charge in [0.2, 0.25) is 0 Å². The third kappa shape index (κ3) is 5.68. The third-order valence-electron chi connectivity index (χ3n) is 7.51. The van der Waals surface area contributed by atoms with Gasteiger partial charge in [0.25, 0.3) is 5.56 Å². The van der Waals surface area contributed by atoms with Crippen molar-refractivity contribution < 1.29 is 18.3 Å². The van der Waals surface area contributed by atoms with E-state index in [4.69, 9.17) is 4.74 Å². The number of anilines is 1. The summed E-state index contributed by atoms with van der Waals surface area (Å²) in [6.45, 7) is 3.99. The van der Waals surface area contributed by atoms with Gasteiger partial charge < -0.3 is 14.2 Å². The lowest BCUT2D eigenvalue weighted by Gasteiger charge is -2.45. The van der Waals surface area contributed by atoms with Gasteiger partial charge in [-0.15, -0.1) is 0 Å². The Morgan fingerprint density at radius 1 is 0.953 bits per heavy atom. The van der Waals surface area contributed by atoms with Gasteiger partial charge >= 0.3 is 5.97 Å². The summed E-state index contributed by atoms with van der Waals surface area (Å²) < 4.78 is 34.8. The topological polar surface area (TPSA) is 115 Å². The Morgan fingerprint density at radius 3 is 2.09 bits per heavy atom. The van der Waals surface area contributed by atoms with Crippen molar-refractivity contribution >= 4 is 22.7 Å². The lowest BCUT2D eigenvalue weighted by molar-refractivity contribution is -0.155. The molecule has 1 atom stereocenters. The SMILES string of the molecule is CC(C)OC(=O)C1CN(c2c(C#N)c(=O)n(C)c3ccc(C#N)nc23)CCN1C(c1ccc(F)cc1)c1ccc(F)cc1. The highest BCUT2D eigenvalue weighted by Crippen LogP contribution is 2.36. The maximum atomic E-state index is 13.9. The van der Waals surface area contributed by atoms with Crippen molar-refractivity contribution in [3.63, 3.8) is 0 Å². The van der Waals surface area contributed by atoms with Gasteiger partial charge in [-0.2, -0.15) is 10.5 Å². The molecule has 11 heteroatoms. The number of hydrogen-bond donors (Lipinski definition) is 0. The average Bonchev–Trinajstić information content (AvgIpc) is 3.00. The molecular formula is C32H28F2N6O3. The molecule has 0 aliphatic carbocycles. The van der Waals surface area contributed by atoms with Crippen molar-refractivity contribution in [2.45, 2.75) is 32.0 Å². The fourth-order valence-electron chi connectivity index (χ4n) is 5.56. The maximum absolute atomic E-state index is 13.9. The minimum absolute atomic E-state index is 0.0137. The van der Waals surface area contributed by atoms with Crippen LogP contribution in [0.1, 0.15) is 42.3 Å². The van der Waals surface area contributed by atoms with Crippen LogP contribution in [0.2, 0.25) is 0 Å². The van der Waals surface area contributed by atoms with Crippen LogP contribution in [-0.2, 0) is 16.6 Å². The molecule has 0 amide bonds. The van der Waals surface area contributed by atoms with Gasteiger partial charge in [-0.1, -0.05) is 24.3 Å². The Kier molecular flexibility index (Phi) is 8.20. The summed E-state index contributed by atoms with van der Waals surface area (Å²) in [5.74, 6) is -1.38. The smallest absolute Gasteiger partial charge is 0.325 e. The first-order chi connectivity index (χ1) is 20.6. The highest BCUT2D eigenvalue weighted by atomic mass is 19.1. The van der Waals surface area contributed by atoms with Crippen molar-refractivity contribution in [2.24, 2.45) is 7.05 Å². The van der Waals surface area contributed by atoms with E-state index >= 15 is 0 Å². The Morgan fingerprint density at radius 2 is 1.56 bits per heavy atom. The van der Waals surface area contributed by atoms with E-state index in [1.165, 1.54) is 41.9 Å². The fraction of sp³-hybridized carbons (Fsp3) is 0.281. The molecule has 1 fully saturated rings. The van der Waals surface area contributed by atoms with Crippen molar-refractivity contribution in [1.82, 2.24) is 14.5 Å². The van der Waals surface area contributed by atoms with Crippen molar-refractivity contribution in [3.05, 3.63) is 105 Å². The molecule has 4 aromatic rings. The van der Waals surface area contributed by atoms with E-state index in [1.54, 1.807) is 49.1 Å². The highest BCUT2D eigenvalue weighted by molar-refractivity contribution is 5.92. The molecule has 1 aliphatic heterocycles. The molecule has 9 nitrogen and oxygen atoms in total. The lowest BCUT2D eigenvalue weighted by atomic mass is 9.94. The molecule has 0 N–H and O–H groups in total. The number of esters is 1. The number of halogens is 2. The number of ether oxygens (including phenoxy) is 1. The van der Waals surface area contributed by atoms with Crippen LogP contribution in [0.5, 0.6) is 0 Å². The summed E-state index contributed by atoms with van der Waals surface area (Å²) in [5.41, 5.74) is 1.74. The van der Waals surface area contributed by atoms with Gasteiger partial charge in [-0.3, -0.25) is 14.5 Å². The van der Waals surface area contributed by atoms with Gasteiger partial charge in [0.15, 0.2) is 0 Å². The van der Waals surface area contributed by atoms with Crippen molar-refractivity contribution in [3.8, 4) is 12.1 Å². The van der Waals surface area contributed by atoms with E-state index in [9.17, 15) is 28.9 Å². The minimum Gasteiger partial charge on any atom is -0.462 e. The number of aromatic nitrogens is 2. The molecule has 1 aliphatic rings. The molecule has 1 saturated heterocycles. The van der Waals surface area contributed by atoms with Gasteiger partial charge in [0.1, 0.15) is 46.6 Å². The van der Waals surface area contributed by atoms with E-state index in [0.29, 0.717) is 16.6 Å². The molecule has 43 heavy (non-hydrogen) atoms. The van der Waals surface area contributed by atoms with Crippen LogP contribution in [0, 0.1) is 34.3 Å². The summed E-state index contributed by atoms with van der Waals surface area (Å²) in [7, 11) is 1.53. The zero-order chi connectivity index (χ0) is 30.8. The number of piperazine rings is 1. The zero-order valence-corrected chi connectivity index (χ0v) is 23.8. The number of nitriles is 2. The van der Waals surface area contributed by atoms with Gasteiger partial charge in [-0.05, 0) is 61.4 Å². The summed E-state index contributed by atoms with van der Waals surface area (Å²) in [6.07, 6.45) is -0.431. The number of aryl methyl sites for hydroxylation is 1. The Balaban J connectivity index is 1.66. The summed E-state index contributed by atoms with van der Waals surface area (Å²) in [6, 6.07) is 17.4. The number of hydrogen-bond acceptors (Lipinski definition) is 8. The molecule has 2 aromatic carbocycles. The van der Waals surface area contributed by atoms with E-state index in [2.05, 4.69) is 4.98 Å². The Labute approximate surface area is 246 Å². The second-order valence-electron chi connectivity index (χ2n) is 10.6. The summed E-state index contributed by atoms with van der Waals surface area (Å²) in [4.78, 5) is 35.1.